The molecule has 0 aliphatic carbocycles. The molecule has 0 aliphatic rings. The number of ether oxygens (including phenoxy) is 1. The maximum Gasteiger partial charge on any atom is 0.348 e. The Labute approximate surface area is 158 Å². The van der Waals surface area contributed by atoms with Gasteiger partial charge in [-0.15, -0.1) is 0 Å². The molecule has 0 radical (unpaired) electrons. The standard InChI is InChI=1S/C21H25NO5/c1-3-4-5-6-7-12-26-20(24)16-8-10-17(11-9-16)22-14-18-19(23)13-15(2)27-21(18)25/h8-11,13-14,23H,3-7,12H2,1-2H3. The fourth-order valence-corrected chi connectivity index (χ4v) is 2.50. The van der Waals surface area contributed by atoms with Crippen LogP contribution in [0.5, 0.6) is 5.75 Å². The molecule has 1 aromatic heterocycles. The smallest absolute Gasteiger partial charge is 0.348 e. The van der Waals surface area contributed by atoms with Gasteiger partial charge in [-0.1, -0.05) is 32.6 Å². The van der Waals surface area contributed by atoms with Crippen molar-refractivity contribution in [1.82, 2.24) is 0 Å². The van der Waals surface area contributed by atoms with Crippen LogP contribution >= 0.6 is 0 Å². The fraction of sp³-hybridized carbons (Fsp3) is 0.381. The first-order valence-corrected chi connectivity index (χ1v) is 9.16. The number of hydrogen-bond donors (Lipinski definition) is 1. The van der Waals surface area contributed by atoms with E-state index in [-0.39, 0.29) is 17.3 Å². The largest absolute Gasteiger partial charge is 0.507 e. The molecule has 1 N–H and O–H groups in total. The van der Waals surface area contributed by atoms with Crippen molar-refractivity contribution in [2.45, 2.75) is 46.0 Å². The summed E-state index contributed by atoms with van der Waals surface area (Å²) in [5, 5.41) is 9.81. The molecule has 0 fully saturated rings. The van der Waals surface area contributed by atoms with Crippen LogP contribution in [0.15, 0.2) is 44.5 Å². The van der Waals surface area contributed by atoms with Crippen molar-refractivity contribution in [3.63, 3.8) is 0 Å². The van der Waals surface area contributed by atoms with Crippen molar-refractivity contribution >= 4 is 17.9 Å². The molecule has 2 rings (SSSR count). The minimum absolute atomic E-state index is 0.0211. The van der Waals surface area contributed by atoms with Crippen LogP contribution in [0, 0.1) is 6.92 Å². The minimum Gasteiger partial charge on any atom is -0.507 e. The van der Waals surface area contributed by atoms with Gasteiger partial charge in [0, 0.05) is 12.3 Å². The van der Waals surface area contributed by atoms with Crippen molar-refractivity contribution < 1.29 is 19.1 Å². The van der Waals surface area contributed by atoms with Crippen LogP contribution < -0.4 is 5.63 Å². The van der Waals surface area contributed by atoms with E-state index in [2.05, 4.69) is 11.9 Å². The molecule has 0 amide bonds. The van der Waals surface area contributed by atoms with E-state index in [9.17, 15) is 14.7 Å². The highest BCUT2D eigenvalue weighted by Gasteiger charge is 2.08. The van der Waals surface area contributed by atoms with Gasteiger partial charge in [0.15, 0.2) is 0 Å². The number of hydrogen-bond acceptors (Lipinski definition) is 6. The zero-order valence-corrected chi connectivity index (χ0v) is 15.7. The Morgan fingerprint density at radius 3 is 2.56 bits per heavy atom. The molecule has 6 nitrogen and oxygen atoms in total. The highest BCUT2D eigenvalue weighted by Crippen LogP contribution is 2.17. The van der Waals surface area contributed by atoms with Crippen molar-refractivity contribution in [3.8, 4) is 5.75 Å². The van der Waals surface area contributed by atoms with Crippen LogP contribution in [-0.2, 0) is 4.74 Å². The molecule has 0 aliphatic heterocycles. The van der Waals surface area contributed by atoms with Gasteiger partial charge in [0.25, 0.3) is 0 Å². The summed E-state index contributed by atoms with van der Waals surface area (Å²) in [5.74, 6) is -0.229. The molecule has 6 heteroatoms. The first kappa shape index (κ1) is 20.4. The fourth-order valence-electron chi connectivity index (χ4n) is 2.50. The molecule has 2 aromatic rings. The Hall–Kier alpha value is -2.89. The van der Waals surface area contributed by atoms with E-state index in [1.807, 2.05) is 0 Å². The summed E-state index contributed by atoms with van der Waals surface area (Å²) in [5.41, 5.74) is 0.299. The molecule has 0 saturated heterocycles. The predicted molar refractivity (Wildman–Crippen MR) is 104 cm³/mol. The molecule has 0 atom stereocenters. The van der Waals surface area contributed by atoms with E-state index >= 15 is 0 Å². The van der Waals surface area contributed by atoms with Crippen LogP contribution in [-0.4, -0.2) is 23.9 Å². The van der Waals surface area contributed by atoms with E-state index in [0.717, 1.165) is 19.3 Å². The zero-order valence-electron chi connectivity index (χ0n) is 15.7. The lowest BCUT2D eigenvalue weighted by atomic mass is 10.2. The van der Waals surface area contributed by atoms with Gasteiger partial charge in [0.1, 0.15) is 17.1 Å². The zero-order chi connectivity index (χ0) is 19.6. The van der Waals surface area contributed by atoms with E-state index < -0.39 is 5.63 Å². The first-order valence-electron chi connectivity index (χ1n) is 9.16. The molecule has 1 heterocycles. The number of benzene rings is 1. The van der Waals surface area contributed by atoms with Gasteiger partial charge >= 0.3 is 11.6 Å². The van der Waals surface area contributed by atoms with Crippen molar-refractivity contribution in [1.29, 1.82) is 0 Å². The highest BCUT2D eigenvalue weighted by atomic mass is 16.5. The third-order valence-electron chi connectivity index (χ3n) is 4.02. The number of esters is 1. The SMILES string of the molecule is CCCCCCCOC(=O)c1ccc(N=Cc2c(O)cc(C)oc2=O)cc1. The summed E-state index contributed by atoms with van der Waals surface area (Å²) in [7, 11) is 0. The second-order valence-corrected chi connectivity index (χ2v) is 6.30. The van der Waals surface area contributed by atoms with Crippen molar-refractivity contribution in [2.24, 2.45) is 4.99 Å². The van der Waals surface area contributed by atoms with Crippen LogP contribution in [0.25, 0.3) is 0 Å². The number of carbonyl (C=O) groups excluding carboxylic acids is 1. The van der Waals surface area contributed by atoms with Gasteiger partial charge in [-0.05, 0) is 37.6 Å². The number of aliphatic imine (C=N–C) groups is 1. The Kier molecular flexibility index (Phi) is 7.79. The van der Waals surface area contributed by atoms with Gasteiger partial charge in [-0.25, -0.2) is 9.59 Å². The van der Waals surface area contributed by atoms with E-state index in [0.29, 0.717) is 23.6 Å². The molecule has 0 bridgehead atoms. The summed E-state index contributed by atoms with van der Waals surface area (Å²) < 4.78 is 10.2. The van der Waals surface area contributed by atoms with Crippen LogP contribution in [0.1, 0.15) is 60.7 Å². The second-order valence-electron chi connectivity index (χ2n) is 6.30. The molecule has 0 spiro atoms. The molecular formula is C21H25NO5. The summed E-state index contributed by atoms with van der Waals surface area (Å²) in [4.78, 5) is 27.9. The normalized spacial score (nSPS) is 11.0. The average Bonchev–Trinajstić information content (AvgIpc) is 2.64. The van der Waals surface area contributed by atoms with Gasteiger partial charge in [-0.3, -0.25) is 4.99 Å². The quantitative estimate of drug-likeness (QED) is 0.397. The number of carbonyl (C=O) groups is 1. The number of aryl methyl sites for hydroxylation is 1. The Balaban J connectivity index is 1.91. The second kappa shape index (κ2) is 10.3. The van der Waals surface area contributed by atoms with Gasteiger partial charge < -0.3 is 14.3 Å². The van der Waals surface area contributed by atoms with E-state index in [1.165, 1.54) is 25.1 Å². The molecule has 1 aromatic carbocycles. The molecule has 144 valence electrons. The number of rotatable bonds is 9. The summed E-state index contributed by atoms with van der Waals surface area (Å²) in [6.45, 7) is 4.15. The maximum absolute atomic E-state index is 12.0. The molecule has 27 heavy (non-hydrogen) atoms. The number of unbranched alkanes of at least 4 members (excludes halogenated alkanes) is 4. The van der Waals surface area contributed by atoms with Gasteiger partial charge in [-0.2, -0.15) is 0 Å². The Morgan fingerprint density at radius 1 is 1.19 bits per heavy atom. The predicted octanol–water partition coefficient (Wildman–Crippen LogP) is 4.53. The average molecular weight is 371 g/mol. The topological polar surface area (TPSA) is 89.1 Å². The minimum atomic E-state index is -0.657. The van der Waals surface area contributed by atoms with Crippen LogP contribution in [0.4, 0.5) is 5.69 Å². The van der Waals surface area contributed by atoms with Gasteiger partial charge in [0.05, 0.1) is 17.9 Å². The van der Waals surface area contributed by atoms with Crippen molar-refractivity contribution in [2.75, 3.05) is 6.61 Å². The third kappa shape index (κ3) is 6.40. The summed E-state index contributed by atoms with van der Waals surface area (Å²) in [6.07, 6.45) is 6.73. The highest BCUT2D eigenvalue weighted by molar-refractivity contribution is 5.90. The van der Waals surface area contributed by atoms with Crippen LogP contribution in [0.2, 0.25) is 0 Å². The monoisotopic (exact) mass is 371 g/mol. The molecular weight excluding hydrogens is 346 g/mol. The number of aromatic hydroxyl groups is 1. The lowest BCUT2D eigenvalue weighted by Gasteiger charge is -2.05. The summed E-state index contributed by atoms with van der Waals surface area (Å²) >= 11 is 0. The lowest BCUT2D eigenvalue weighted by molar-refractivity contribution is 0.0497. The Bertz CT molecular complexity index is 837. The van der Waals surface area contributed by atoms with E-state index in [4.69, 9.17) is 9.15 Å². The van der Waals surface area contributed by atoms with E-state index in [1.54, 1.807) is 31.2 Å². The maximum atomic E-state index is 12.0. The Morgan fingerprint density at radius 2 is 1.89 bits per heavy atom. The third-order valence-corrected chi connectivity index (χ3v) is 4.02. The van der Waals surface area contributed by atoms with Crippen molar-refractivity contribution in [3.05, 3.63) is 57.6 Å². The van der Waals surface area contributed by atoms with Crippen LogP contribution in [0.3, 0.4) is 0 Å². The molecule has 0 saturated carbocycles. The van der Waals surface area contributed by atoms with Gasteiger partial charge in [0.2, 0.25) is 0 Å². The summed E-state index contributed by atoms with van der Waals surface area (Å²) in [6, 6.07) is 7.86. The molecule has 0 unspecified atom stereocenters. The lowest BCUT2D eigenvalue weighted by Crippen LogP contribution is -2.07. The first-order chi connectivity index (χ1) is 13.0. The number of nitrogens with zero attached hydrogens (tertiary/aromatic N) is 1.